The predicted molar refractivity (Wildman–Crippen MR) is 270 cm³/mol. The number of nitrogens with one attached hydrogen (secondary N) is 8. The first-order valence-electron chi connectivity index (χ1n) is 24.3. The van der Waals surface area contributed by atoms with Gasteiger partial charge >= 0.3 is 0 Å². The van der Waals surface area contributed by atoms with Gasteiger partial charge in [0.15, 0.2) is 0 Å². The molecule has 8 amide bonds. The van der Waals surface area contributed by atoms with Crippen molar-refractivity contribution in [1.82, 2.24) is 52.3 Å². The van der Waals surface area contributed by atoms with Gasteiger partial charge in [-0.2, -0.15) is 0 Å². The summed E-state index contributed by atoms with van der Waals surface area (Å²) in [7, 11) is 3.21. The molecule has 2 heterocycles. The first-order valence-corrected chi connectivity index (χ1v) is 24.3. The lowest BCUT2D eigenvalue weighted by Crippen LogP contribution is -2.59. The number of nitrogens with zero attached hydrogens (tertiary/aromatic N) is 2. The van der Waals surface area contributed by atoms with Crippen LogP contribution in [0.4, 0.5) is 14.5 Å². The maximum Gasteiger partial charge on any atom is 0.251 e. The number of halogens is 2. The maximum atomic E-state index is 14.5. The number of nitrogen functional groups attached to an aromatic ring is 1. The number of hydrogen-bond acceptors (Lipinski definition) is 11. The number of anilines is 1. The first kappa shape index (κ1) is 56.9. The van der Waals surface area contributed by atoms with Crippen LogP contribution in [0.5, 0.6) is 0 Å². The van der Waals surface area contributed by atoms with E-state index in [1.807, 2.05) is 0 Å². The third-order valence-electron chi connectivity index (χ3n) is 13.1. The zero-order chi connectivity index (χ0) is 54.1. The summed E-state index contributed by atoms with van der Waals surface area (Å²) in [6.07, 6.45) is -0.0478. The molecule has 19 nitrogen and oxygen atoms in total. The molecule has 2 fully saturated rings. The Kier molecular flexibility index (Phi) is 18.8. The first-order chi connectivity index (χ1) is 34.2. The van der Waals surface area contributed by atoms with Crippen molar-refractivity contribution in [3.63, 3.8) is 0 Å². The van der Waals surface area contributed by atoms with Gasteiger partial charge in [-0.1, -0.05) is 65.8 Å². The van der Waals surface area contributed by atoms with Crippen LogP contribution in [-0.2, 0) is 41.9 Å². The summed E-state index contributed by atoms with van der Waals surface area (Å²) in [5.74, 6) is -5.29. The number of benzene rings is 3. The molecule has 2 aliphatic heterocycles. The Labute approximate surface area is 425 Å². The van der Waals surface area contributed by atoms with Crippen LogP contribution < -0.4 is 48.3 Å². The maximum absolute atomic E-state index is 14.5. The minimum atomic E-state index is -1.09. The minimum absolute atomic E-state index is 0.0195. The number of likely N-dealkylation sites (N-methyl/N-ethyl adjacent to an activating group) is 2. The lowest BCUT2D eigenvalue weighted by atomic mass is 9.85. The number of carbonyl (C=O) groups is 8. The third kappa shape index (κ3) is 15.0. The van der Waals surface area contributed by atoms with E-state index in [-0.39, 0.29) is 55.8 Å². The fourth-order valence-corrected chi connectivity index (χ4v) is 8.56. The van der Waals surface area contributed by atoms with Crippen LogP contribution in [0.3, 0.4) is 0 Å². The fraction of sp³-hybridized carbons (Fsp3) is 0.500. The van der Waals surface area contributed by atoms with Gasteiger partial charge in [-0.15, -0.1) is 0 Å². The van der Waals surface area contributed by atoms with Crippen molar-refractivity contribution in [3.8, 4) is 0 Å². The average Bonchev–Trinajstić information content (AvgIpc) is 3.97. The van der Waals surface area contributed by atoms with Crippen molar-refractivity contribution in [2.24, 2.45) is 10.8 Å². The normalized spacial score (nSPS) is 19.5. The van der Waals surface area contributed by atoms with Crippen molar-refractivity contribution in [1.29, 1.82) is 0 Å². The Morgan fingerprint density at radius 3 is 1.25 bits per heavy atom. The molecule has 3 aromatic carbocycles. The highest BCUT2D eigenvalue weighted by molar-refractivity contribution is 6.02. The van der Waals surface area contributed by atoms with Crippen molar-refractivity contribution in [2.45, 2.75) is 130 Å². The highest BCUT2D eigenvalue weighted by Crippen LogP contribution is 2.29. The van der Waals surface area contributed by atoms with Gasteiger partial charge in [0, 0.05) is 55.1 Å². The van der Waals surface area contributed by atoms with Crippen LogP contribution in [0, 0.1) is 22.5 Å². The quantitative estimate of drug-likeness (QED) is 0.0831. The summed E-state index contributed by atoms with van der Waals surface area (Å²) in [4.78, 5) is 114. The highest BCUT2D eigenvalue weighted by Gasteiger charge is 2.47. The van der Waals surface area contributed by atoms with Crippen LogP contribution >= 0.6 is 0 Å². The van der Waals surface area contributed by atoms with Crippen LogP contribution in [-0.4, -0.2) is 133 Å². The summed E-state index contributed by atoms with van der Waals surface area (Å²) in [5, 5.41) is 22.7. The molecule has 5 rings (SSSR count). The molecule has 0 aromatic heterocycles. The lowest BCUT2D eigenvalue weighted by Gasteiger charge is -2.36. The highest BCUT2D eigenvalue weighted by atomic mass is 19.1. The minimum Gasteiger partial charge on any atom is -0.399 e. The molecule has 0 saturated carbocycles. The van der Waals surface area contributed by atoms with Crippen molar-refractivity contribution < 1.29 is 47.1 Å². The molecule has 0 radical (unpaired) electrons. The molecule has 73 heavy (non-hydrogen) atoms. The SMILES string of the molecule is CN[C@@H](C)C(=O)N[C@H](C(=O)N1C[C@@H](NC(=O)c2cc(N)cc(C(=O)N[C@H]3C[C@@H](C(=O)NCc4ccc(F)cc4)N(C(=O)[C@@H](NC(=O)[C@H](C)NC)C(C)(C)C)C3)c2)C[C@H]1C(=O)NCc1ccc(F)cc1)C(C)(C)C. The second kappa shape index (κ2) is 24.1. The molecule has 0 spiro atoms. The summed E-state index contributed by atoms with van der Waals surface area (Å²) >= 11 is 0. The van der Waals surface area contributed by atoms with E-state index in [4.69, 9.17) is 5.73 Å². The van der Waals surface area contributed by atoms with Gasteiger partial charge in [-0.25, -0.2) is 8.78 Å². The Morgan fingerprint density at radius 2 is 0.932 bits per heavy atom. The predicted octanol–water partition coefficient (Wildman–Crippen LogP) is 1.86. The standard InChI is InChI=1S/C52H71F2N11O8/c1-28(56-9)43(66)62-41(51(3,4)5)49(72)64-26-37(22-39(64)47(70)58-24-30-11-15-34(53)16-12-30)60-45(68)32-19-33(21-36(55)20-32)46(69)61-38-23-40(48(71)59-25-31-13-17-35(54)18-14-31)65(27-38)50(73)42(52(6,7)8)63-44(67)29(2)57-10/h11-21,28-29,37-42,56-57H,22-27,55H2,1-10H3,(H,58,70)(H,59,71)(H,60,68)(H,61,69)(H,62,66)(H,63,67)/t28-,29-,37-,38-,39-,40-,41+,42+/m0/s1. The largest absolute Gasteiger partial charge is 0.399 e. The molecule has 0 unspecified atom stereocenters. The van der Waals surface area contributed by atoms with Crippen LogP contribution in [0.15, 0.2) is 66.7 Å². The Hall–Kier alpha value is -7.00. The van der Waals surface area contributed by atoms with E-state index in [1.54, 1.807) is 69.5 Å². The molecule has 0 aliphatic carbocycles. The van der Waals surface area contributed by atoms with Gasteiger partial charge in [0.1, 0.15) is 35.8 Å². The monoisotopic (exact) mass is 1020 g/mol. The van der Waals surface area contributed by atoms with Gasteiger partial charge in [0.2, 0.25) is 35.4 Å². The zero-order valence-corrected chi connectivity index (χ0v) is 43.2. The lowest BCUT2D eigenvalue weighted by molar-refractivity contribution is -0.144. The number of rotatable bonds is 18. The van der Waals surface area contributed by atoms with Gasteiger partial charge in [0.05, 0.1) is 12.1 Å². The molecule has 3 aromatic rings. The third-order valence-corrected chi connectivity index (χ3v) is 13.1. The molecule has 396 valence electrons. The second-order valence-corrected chi connectivity index (χ2v) is 21.0. The Balaban J connectivity index is 1.36. The fourth-order valence-electron chi connectivity index (χ4n) is 8.56. The van der Waals surface area contributed by atoms with Crippen molar-refractivity contribution >= 4 is 52.9 Å². The van der Waals surface area contributed by atoms with Crippen molar-refractivity contribution in [2.75, 3.05) is 32.9 Å². The van der Waals surface area contributed by atoms with Crippen molar-refractivity contribution in [3.05, 3.63) is 101 Å². The van der Waals surface area contributed by atoms with E-state index in [1.165, 1.54) is 76.5 Å². The van der Waals surface area contributed by atoms with E-state index in [0.29, 0.717) is 11.1 Å². The number of nitrogens with two attached hydrogens (primary N) is 1. The van der Waals surface area contributed by atoms with Crippen LogP contribution in [0.2, 0.25) is 0 Å². The van der Waals surface area contributed by atoms with Crippen LogP contribution in [0.25, 0.3) is 0 Å². The van der Waals surface area contributed by atoms with E-state index < -0.39 is 118 Å². The van der Waals surface area contributed by atoms with Crippen LogP contribution in [0.1, 0.15) is 100 Å². The molecule has 21 heteroatoms. The smallest absolute Gasteiger partial charge is 0.251 e. The molecule has 2 saturated heterocycles. The number of amides is 8. The summed E-state index contributed by atoms with van der Waals surface area (Å²) in [6, 6.07) is 7.94. The average molecular weight is 1020 g/mol. The number of likely N-dealkylation sites (tertiary alicyclic amines) is 2. The summed E-state index contributed by atoms with van der Waals surface area (Å²) in [5.41, 5.74) is 5.89. The van der Waals surface area contributed by atoms with Gasteiger partial charge in [-0.05, 0) is 105 Å². The van der Waals surface area contributed by atoms with E-state index >= 15 is 0 Å². The summed E-state index contributed by atoms with van der Waals surface area (Å²) in [6.45, 7) is 13.7. The van der Waals surface area contributed by atoms with Gasteiger partial charge < -0.3 is 58.1 Å². The van der Waals surface area contributed by atoms with Gasteiger partial charge in [-0.3, -0.25) is 38.4 Å². The summed E-state index contributed by atoms with van der Waals surface area (Å²) < 4.78 is 27.3. The molecular formula is C52H71F2N11O8. The van der Waals surface area contributed by atoms with E-state index in [0.717, 1.165) is 0 Å². The van der Waals surface area contributed by atoms with Gasteiger partial charge in [0.25, 0.3) is 11.8 Å². The second-order valence-electron chi connectivity index (χ2n) is 21.0. The Bertz CT molecular complexity index is 2350. The molecule has 2 aliphatic rings. The molecular weight excluding hydrogens is 945 g/mol. The number of carbonyl (C=O) groups excluding carboxylic acids is 8. The Morgan fingerprint density at radius 1 is 0.589 bits per heavy atom. The van der Waals surface area contributed by atoms with E-state index in [2.05, 4.69) is 42.5 Å². The molecule has 0 bridgehead atoms. The number of hydrogen-bond donors (Lipinski definition) is 9. The molecule has 8 atom stereocenters. The van der Waals surface area contributed by atoms with E-state index in [9.17, 15) is 47.1 Å². The topological polar surface area (TPSA) is 265 Å². The zero-order valence-electron chi connectivity index (χ0n) is 43.2. The molecule has 10 N–H and O–H groups in total.